The molecule has 0 aromatic carbocycles. The van der Waals surface area contributed by atoms with Gasteiger partial charge in [-0.05, 0) is 18.8 Å². The molecule has 3 nitrogen and oxygen atoms in total. The summed E-state index contributed by atoms with van der Waals surface area (Å²) in [6, 6.07) is 0. The lowest BCUT2D eigenvalue weighted by atomic mass is 9.75. The van der Waals surface area contributed by atoms with Gasteiger partial charge in [0.05, 0.1) is 25.4 Å². The highest BCUT2D eigenvalue weighted by Gasteiger charge is 2.40. The van der Waals surface area contributed by atoms with Crippen LogP contribution in [-0.2, 0) is 4.74 Å². The number of hydrogen-bond donors (Lipinski definition) is 2. The van der Waals surface area contributed by atoms with Crippen LogP contribution >= 0.6 is 0 Å². The lowest BCUT2D eigenvalue weighted by Gasteiger charge is -2.44. The van der Waals surface area contributed by atoms with Crippen molar-refractivity contribution in [1.29, 1.82) is 0 Å². The second-order valence-electron chi connectivity index (χ2n) is 4.63. The molecule has 1 atom stereocenters. The molecule has 1 saturated heterocycles. The van der Waals surface area contributed by atoms with Crippen molar-refractivity contribution in [2.45, 2.75) is 37.6 Å². The summed E-state index contributed by atoms with van der Waals surface area (Å²) in [5, 5.41) is 13.0. The van der Waals surface area contributed by atoms with Gasteiger partial charge in [0.25, 0.3) is 0 Å². The zero-order valence-electron chi connectivity index (χ0n) is 8.80. The molecule has 1 unspecified atom stereocenters. The number of hydrogen-bond acceptors (Lipinski definition) is 3. The van der Waals surface area contributed by atoms with E-state index in [1.807, 2.05) is 0 Å². The molecular formula is C11H21NO2. The molecule has 1 aliphatic carbocycles. The van der Waals surface area contributed by atoms with Crippen molar-refractivity contribution >= 4 is 0 Å². The Balaban J connectivity index is 2.01. The van der Waals surface area contributed by atoms with Crippen LogP contribution in [0.5, 0.6) is 0 Å². The minimum absolute atomic E-state index is 0.126. The van der Waals surface area contributed by atoms with Crippen LogP contribution in [-0.4, -0.2) is 37.0 Å². The van der Waals surface area contributed by atoms with Gasteiger partial charge in [0.15, 0.2) is 0 Å². The van der Waals surface area contributed by atoms with E-state index in [1.54, 1.807) is 0 Å². The average Bonchev–Trinajstić information content (AvgIpc) is 2.31. The van der Waals surface area contributed by atoms with Crippen molar-refractivity contribution in [3.05, 3.63) is 0 Å². The van der Waals surface area contributed by atoms with Crippen molar-refractivity contribution in [2.75, 3.05) is 26.4 Å². The highest BCUT2D eigenvalue weighted by atomic mass is 16.5. The Kier molecular flexibility index (Phi) is 3.42. The third-order valence-electron chi connectivity index (χ3n) is 3.75. The molecule has 1 heterocycles. The first-order valence-electron chi connectivity index (χ1n) is 5.81. The predicted molar refractivity (Wildman–Crippen MR) is 55.2 cm³/mol. The highest BCUT2D eigenvalue weighted by molar-refractivity contribution is 4.96. The molecule has 1 saturated carbocycles. The molecule has 0 spiro atoms. The molecule has 0 amide bonds. The van der Waals surface area contributed by atoms with Crippen LogP contribution in [0.2, 0.25) is 0 Å². The predicted octanol–water partition coefficient (Wildman–Crippen LogP) is 0.918. The lowest BCUT2D eigenvalue weighted by molar-refractivity contribution is -0.0388. The van der Waals surface area contributed by atoms with E-state index in [-0.39, 0.29) is 12.1 Å². The van der Waals surface area contributed by atoms with E-state index >= 15 is 0 Å². The van der Waals surface area contributed by atoms with E-state index in [2.05, 4.69) is 5.32 Å². The maximum atomic E-state index is 9.55. The van der Waals surface area contributed by atoms with Gasteiger partial charge in [0.1, 0.15) is 0 Å². The Morgan fingerprint density at radius 2 is 2.07 bits per heavy atom. The molecule has 3 heteroatoms. The fraction of sp³-hybridized carbons (Fsp3) is 1.00. The van der Waals surface area contributed by atoms with Crippen LogP contribution in [0.15, 0.2) is 0 Å². The third kappa shape index (κ3) is 1.95. The van der Waals surface area contributed by atoms with Crippen LogP contribution in [0.25, 0.3) is 0 Å². The summed E-state index contributed by atoms with van der Waals surface area (Å²) < 4.78 is 5.51. The molecule has 2 aliphatic rings. The molecule has 0 radical (unpaired) electrons. The van der Waals surface area contributed by atoms with E-state index < -0.39 is 0 Å². The van der Waals surface area contributed by atoms with E-state index in [1.165, 1.54) is 32.1 Å². The SMILES string of the molecule is OCC1(C2CCCCC2)COCCN1. The smallest absolute Gasteiger partial charge is 0.0680 e. The van der Waals surface area contributed by atoms with Gasteiger partial charge in [-0.2, -0.15) is 0 Å². The first-order chi connectivity index (χ1) is 6.87. The summed E-state index contributed by atoms with van der Waals surface area (Å²) >= 11 is 0. The van der Waals surface area contributed by atoms with Crippen molar-refractivity contribution in [2.24, 2.45) is 5.92 Å². The fourth-order valence-electron chi connectivity index (χ4n) is 2.83. The molecule has 0 bridgehead atoms. The van der Waals surface area contributed by atoms with Gasteiger partial charge in [-0.25, -0.2) is 0 Å². The normalized spacial score (nSPS) is 35.8. The Morgan fingerprint density at radius 3 is 2.64 bits per heavy atom. The first-order valence-corrected chi connectivity index (χ1v) is 5.81. The molecule has 0 aromatic heterocycles. The second-order valence-corrected chi connectivity index (χ2v) is 4.63. The molecule has 0 aromatic rings. The highest BCUT2D eigenvalue weighted by Crippen LogP contribution is 2.33. The van der Waals surface area contributed by atoms with E-state index in [0.717, 1.165) is 13.2 Å². The standard InChI is InChI=1S/C11H21NO2/c13-8-11(9-14-7-6-12-11)10-4-2-1-3-5-10/h10,12-13H,1-9H2. The lowest BCUT2D eigenvalue weighted by Crippen LogP contribution is -2.61. The van der Waals surface area contributed by atoms with Crippen LogP contribution in [0.4, 0.5) is 0 Å². The maximum absolute atomic E-state index is 9.55. The first kappa shape index (κ1) is 10.4. The molecule has 82 valence electrons. The zero-order valence-corrected chi connectivity index (χ0v) is 8.80. The van der Waals surface area contributed by atoms with Crippen LogP contribution in [0.3, 0.4) is 0 Å². The molecule has 2 fully saturated rings. The fourth-order valence-corrected chi connectivity index (χ4v) is 2.83. The molecule has 1 aliphatic heterocycles. The number of nitrogens with one attached hydrogen (secondary N) is 1. The van der Waals surface area contributed by atoms with Crippen LogP contribution in [0, 0.1) is 5.92 Å². The summed E-state index contributed by atoms with van der Waals surface area (Å²) in [5.41, 5.74) is -0.126. The Morgan fingerprint density at radius 1 is 1.29 bits per heavy atom. The van der Waals surface area contributed by atoms with Crippen LogP contribution in [0.1, 0.15) is 32.1 Å². The van der Waals surface area contributed by atoms with Crippen LogP contribution < -0.4 is 5.32 Å². The number of aliphatic hydroxyl groups is 1. The Hall–Kier alpha value is -0.120. The van der Waals surface area contributed by atoms with E-state index in [4.69, 9.17) is 4.74 Å². The number of ether oxygens (including phenoxy) is 1. The quantitative estimate of drug-likeness (QED) is 0.695. The minimum Gasteiger partial charge on any atom is -0.394 e. The largest absolute Gasteiger partial charge is 0.394 e. The van der Waals surface area contributed by atoms with Gasteiger partial charge < -0.3 is 15.2 Å². The topological polar surface area (TPSA) is 41.5 Å². The zero-order chi connectivity index (χ0) is 9.86. The third-order valence-corrected chi connectivity index (χ3v) is 3.75. The maximum Gasteiger partial charge on any atom is 0.0680 e. The molecule has 14 heavy (non-hydrogen) atoms. The van der Waals surface area contributed by atoms with Gasteiger partial charge >= 0.3 is 0 Å². The monoisotopic (exact) mass is 199 g/mol. The summed E-state index contributed by atoms with van der Waals surface area (Å²) in [7, 11) is 0. The Labute approximate surface area is 85.8 Å². The molecule has 2 rings (SSSR count). The summed E-state index contributed by atoms with van der Waals surface area (Å²) in [5.74, 6) is 0.613. The van der Waals surface area contributed by atoms with Crippen molar-refractivity contribution in [3.63, 3.8) is 0 Å². The van der Waals surface area contributed by atoms with Crippen molar-refractivity contribution in [3.8, 4) is 0 Å². The van der Waals surface area contributed by atoms with E-state index in [9.17, 15) is 5.11 Å². The van der Waals surface area contributed by atoms with Gasteiger partial charge in [-0.15, -0.1) is 0 Å². The second kappa shape index (κ2) is 4.60. The molecular weight excluding hydrogens is 178 g/mol. The van der Waals surface area contributed by atoms with Gasteiger partial charge in [0, 0.05) is 6.54 Å². The van der Waals surface area contributed by atoms with Crippen molar-refractivity contribution < 1.29 is 9.84 Å². The summed E-state index contributed by atoms with van der Waals surface area (Å²) in [6.07, 6.45) is 6.48. The van der Waals surface area contributed by atoms with Gasteiger partial charge in [-0.3, -0.25) is 0 Å². The number of aliphatic hydroxyl groups excluding tert-OH is 1. The Bertz CT molecular complexity index is 172. The summed E-state index contributed by atoms with van der Waals surface area (Å²) in [6.45, 7) is 2.58. The number of morpholine rings is 1. The van der Waals surface area contributed by atoms with Crippen molar-refractivity contribution in [1.82, 2.24) is 5.32 Å². The van der Waals surface area contributed by atoms with E-state index in [0.29, 0.717) is 12.5 Å². The van der Waals surface area contributed by atoms with Gasteiger partial charge in [0.2, 0.25) is 0 Å². The summed E-state index contributed by atoms with van der Waals surface area (Å²) in [4.78, 5) is 0. The average molecular weight is 199 g/mol. The molecule has 2 N–H and O–H groups in total. The number of rotatable bonds is 2. The minimum atomic E-state index is -0.126. The van der Waals surface area contributed by atoms with Gasteiger partial charge in [-0.1, -0.05) is 19.3 Å².